The molecule has 2 N–H and O–H groups in total. The third kappa shape index (κ3) is 4.07. The zero-order valence-electron chi connectivity index (χ0n) is 10.5. The van der Waals surface area contributed by atoms with Crippen molar-refractivity contribution < 1.29 is 27.6 Å². The summed E-state index contributed by atoms with van der Waals surface area (Å²) in [5, 5.41) is 19.3. The van der Waals surface area contributed by atoms with Crippen LogP contribution in [0.25, 0.3) is 0 Å². The Hall–Kier alpha value is -2.33. The van der Waals surface area contributed by atoms with Gasteiger partial charge in [0.15, 0.2) is 0 Å². The Balaban J connectivity index is 3.16. The Bertz CT molecular complexity index is 688. The SMILES string of the molecule is C=CCC(NS(=O)(=O)c1ccc([N+](=O)[O-])cc1F)C(=O)O. The number of nitrogens with one attached hydrogen (secondary N) is 1. The highest BCUT2D eigenvalue weighted by atomic mass is 32.2. The van der Waals surface area contributed by atoms with E-state index in [1.807, 2.05) is 0 Å². The zero-order valence-corrected chi connectivity index (χ0v) is 11.3. The molecule has 1 unspecified atom stereocenters. The van der Waals surface area contributed by atoms with Crippen molar-refractivity contribution in [3.05, 3.63) is 46.8 Å². The summed E-state index contributed by atoms with van der Waals surface area (Å²) in [6, 6.07) is 0.434. The second-order valence-corrected chi connectivity index (χ2v) is 5.59. The first-order valence-corrected chi connectivity index (χ1v) is 6.97. The smallest absolute Gasteiger partial charge is 0.322 e. The average Bonchev–Trinajstić information content (AvgIpc) is 2.37. The van der Waals surface area contributed by atoms with Gasteiger partial charge in [0.25, 0.3) is 5.69 Å². The van der Waals surface area contributed by atoms with Gasteiger partial charge in [0, 0.05) is 6.07 Å². The Morgan fingerprint density at radius 3 is 2.62 bits per heavy atom. The molecule has 1 rings (SSSR count). The molecule has 0 fully saturated rings. The third-order valence-corrected chi connectivity index (χ3v) is 3.92. The van der Waals surface area contributed by atoms with E-state index in [-0.39, 0.29) is 6.42 Å². The van der Waals surface area contributed by atoms with Crippen LogP contribution in [-0.2, 0) is 14.8 Å². The van der Waals surface area contributed by atoms with Crippen LogP contribution in [0, 0.1) is 15.9 Å². The number of rotatable bonds is 7. The van der Waals surface area contributed by atoms with Crippen LogP contribution in [0.5, 0.6) is 0 Å². The summed E-state index contributed by atoms with van der Waals surface area (Å²) in [5.74, 6) is -2.81. The molecule has 0 bridgehead atoms. The van der Waals surface area contributed by atoms with Gasteiger partial charge in [-0.3, -0.25) is 14.9 Å². The van der Waals surface area contributed by atoms with Gasteiger partial charge in [-0.2, -0.15) is 4.72 Å². The van der Waals surface area contributed by atoms with Gasteiger partial charge in [-0.15, -0.1) is 6.58 Å². The number of carboxylic acids is 1. The molecule has 21 heavy (non-hydrogen) atoms. The first-order valence-electron chi connectivity index (χ1n) is 5.49. The second kappa shape index (κ2) is 6.41. The summed E-state index contributed by atoms with van der Waals surface area (Å²) in [5.41, 5.74) is -0.618. The molecule has 1 aromatic rings. The number of halogens is 1. The van der Waals surface area contributed by atoms with Gasteiger partial charge in [0.2, 0.25) is 10.0 Å². The van der Waals surface area contributed by atoms with Crippen LogP contribution in [0.1, 0.15) is 6.42 Å². The van der Waals surface area contributed by atoms with Crippen molar-refractivity contribution in [3.63, 3.8) is 0 Å². The highest BCUT2D eigenvalue weighted by molar-refractivity contribution is 7.89. The van der Waals surface area contributed by atoms with E-state index in [1.54, 1.807) is 4.72 Å². The van der Waals surface area contributed by atoms with Crippen molar-refractivity contribution in [1.82, 2.24) is 4.72 Å². The van der Waals surface area contributed by atoms with Gasteiger partial charge < -0.3 is 5.11 Å². The molecule has 0 radical (unpaired) electrons. The van der Waals surface area contributed by atoms with Gasteiger partial charge >= 0.3 is 5.97 Å². The number of benzene rings is 1. The largest absolute Gasteiger partial charge is 0.480 e. The minimum absolute atomic E-state index is 0.205. The topological polar surface area (TPSA) is 127 Å². The Kier molecular flexibility index (Phi) is 5.11. The van der Waals surface area contributed by atoms with Crippen molar-refractivity contribution in [1.29, 1.82) is 0 Å². The molecule has 1 aromatic carbocycles. The fourth-order valence-corrected chi connectivity index (χ4v) is 2.70. The fourth-order valence-electron chi connectivity index (χ4n) is 1.44. The zero-order chi connectivity index (χ0) is 16.2. The molecule has 8 nitrogen and oxygen atoms in total. The predicted octanol–water partition coefficient (Wildman–Crippen LogP) is 1.04. The lowest BCUT2D eigenvalue weighted by Crippen LogP contribution is -2.40. The standard InChI is InChI=1S/C11H11FN2O6S/c1-2-3-9(11(15)16)13-21(19,20)10-5-4-7(14(17)18)6-8(10)12/h2,4-6,9,13H,1,3H2,(H,15,16). The van der Waals surface area contributed by atoms with E-state index in [4.69, 9.17) is 5.11 Å². The molecule has 0 aromatic heterocycles. The minimum Gasteiger partial charge on any atom is -0.480 e. The lowest BCUT2D eigenvalue weighted by Gasteiger charge is -2.13. The average molecular weight is 318 g/mol. The Morgan fingerprint density at radius 1 is 1.57 bits per heavy atom. The molecule has 0 aliphatic carbocycles. The summed E-state index contributed by atoms with van der Waals surface area (Å²) in [7, 11) is -4.48. The minimum atomic E-state index is -4.48. The van der Waals surface area contributed by atoms with E-state index in [0.717, 1.165) is 6.07 Å². The quantitative estimate of drug-likeness (QED) is 0.439. The third-order valence-electron chi connectivity index (χ3n) is 2.41. The Morgan fingerprint density at radius 2 is 2.19 bits per heavy atom. The van der Waals surface area contributed by atoms with Gasteiger partial charge in [-0.05, 0) is 12.5 Å². The van der Waals surface area contributed by atoms with Crippen LogP contribution in [0.4, 0.5) is 10.1 Å². The maximum Gasteiger partial charge on any atom is 0.322 e. The van der Waals surface area contributed by atoms with Crippen LogP contribution in [0.15, 0.2) is 35.7 Å². The molecule has 0 amide bonds. The molecule has 0 aliphatic rings. The number of carboxylic acid groups (broad SMARTS) is 1. The maximum absolute atomic E-state index is 13.7. The van der Waals surface area contributed by atoms with E-state index in [2.05, 4.69) is 6.58 Å². The summed E-state index contributed by atoms with van der Waals surface area (Å²) < 4.78 is 39.3. The van der Waals surface area contributed by atoms with Crippen molar-refractivity contribution in [3.8, 4) is 0 Å². The molecular weight excluding hydrogens is 307 g/mol. The van der Waals surface area contributed by atoms with Gasteiger partial charge in [-0.1, -0.05) is 6.08 Å². The lowest BCUT2D eigenvalue weighted by atomic mass is 10.2. The van der Waals surface area contributed by atoms with E-state index >= 15 is 0 Å². The first-order chi connectivity index (χ1) is 9.69. The summed E-state index contributed by atoms with van der Waals surface area (Å²) in [6.07, 6.45) is 0.983. The number of hydrogen-bond acceptors (Lipinski definition) is 5. The molecular formula is C11H11FN2O6S. The van der Waals surface area contributed by atoms with E-state index < -0.39 is 43.4 Å². The van der Waals surface area contributed by atoms with Crippen molar-refractivity contribution >= 4 is 21.7 Å². The molecule has 0 aliphatic heterocycles. The van der Waals surface area contributed by atoms with Crippen molar-refractivity contribution in [2.45, 2.75) is 17.4 Å². The lowest BCUT2D eigenvalue weighted by molar-refractivity contribution is -0.385. The normalized spacial score (nSPS) is 12.6. The number of hydrogen-bond donors (Lipinski definition) is 2. The first kappa shape index (κ1) is 16.7. The number of non-ortho nitro benzene ring substituents is 1. The molecule has 0 saturated heterocycles. The van der Waals surface area contributed by atoms with E-state index in [0.29, 0.717) is 12.1 Å². The number of sulfonamides is 1. The number of nitrogens with zero attached hydrogens (tertiary/aromatic N) is 1. The van der Waals surface area contributed by atoms with Crippen LogP contribution < -0.4 is 4.72 Å². The van der Waals surface area contributed by atoms with Crippen LogP contribution >= 0.6 is 0 Å². The number of nitro groups is 1. The monoisotopic (exact) mass is 318 g/mol. The number of nitro benzene ring substituents is 1. The summed E-state index contributed by atoms with van der Waals surface area (Å²) in [6.45, 7) is 3.29. The van der Waals surface area contributed by atoms with Crippen LogP contribution in [0.3, 0.4) is 0 Å². The van der Waals surface area contributed by atoms with Gasteiger partial charge in [-0.25, -0.2) is 12.8 Å². The number of carbonyl (C=O) groups is 1. The highest BCUT2D eigenvalue weighted by Gasteiger charge is 2.27. The van der Waals surface area contributed by atoms with Crippen LogP contribution in [-0.4, -0.2) is 30.5 Å². The van der Waals surface area contributed by atoms with Crippen molar-refractivity contribution in [2.24, 2.45) is 0 Å². The fraction of sp³-hybridized carbons (Fsp3) is 0.182. The van der Waals surface area contributed by atoms with Crippen LogP contribution in [0.2, 0.25) is 0 Å². The molecule has 0 saturated carbocycles. The van der Waals surface area contributed by atoms with Crippen molar-refractivity contribution in [2.75, 3.05) is 0 Å². The van der Waals surface area contributed by atoms with E-state index in [9.17, 15) is 27.7 Å². The highest BCUT2D eigenvalue weighted by Crippen LogP contribution is 2.20. The predicted molar refractivity (Wildman–Crippen MR) is 69.6 cm³/mol. The summed E-state index contributed by atoms with van der Waals surface area (Å²) in [4.78, 5) is 19.6. The molecule has 1 atom stereocenters. The molecule has 0 spiro atoms. The molecule has 114 valence electrons. The maximum atomic E-state index is 13.7. The van der Waals surface area contributed by atoms with E-state index in [1.165, 1.54) is 6.08 Å². The summed E-state index contributed by atoms with van der Waals surface area (Å²) >= 11 is 0. The Labute approximate surface area is 119 Å². The number of aliphatic carboxylic acids is 1. The molecule has 10 heteroatoms. The van der Waals surface area contributed by atoms with Gasteiger partial charge in [0.1, 0.15) is 16.8 Å². The second-order valence-electron chi connectivity index (χ2n) is 3.91. The molecule has 0 heterocycles. The van der Waals surface area contributed by atoms with Gasteiger partial charge in [0.05, 0.1) is 11.0 Å².